The van der Waals surface area contributed by atoms with E-state index in [1.54, 1.807) is 6.20 Å². The number of ether oxygens (including phenoxy) is 1. The first-order valence-electron chi connectivity index (χ1n) is 6.89. The standard InChI is InChI=1S/C15H18BrN3O2/c1-4-12-11(8-15(20)21-3)13(5-2)19(18-12)14-7-6-10(16)9-17-14/h6-7,9H,4-5,8H2,1-3H3. The molecular weight excluding hydrogens is 334 g/mol. The molecule has 2 aromatic rings. The smallest absolute Gasteiger partial charge is 0.310 e. The Balaban J connectivity index is 2.51. The van der Waals surface area contributed by atoms with Crippen molar-refractivity contribution in [2.45, 2.75) is 33.1 Å². The molecule has 21 heavy (non-hydrogen) atoms. The molecule has 0 saturated carbocycles. The zero-order valence-electron chi connectivity index (χ0n) is 12.4. The highest BCUT2D eigenvalue weighted by Gasteiger charge is 2.19. The molecule has 0 aliphatic heterocycles. The van der Waals surface area contributed by atoms with Gasteiger partial charge in [-0.25, -0.2) is 9.67 Å². The molecule has 0 aliphatic carbocycles. The van der Waals surface area contributed by atoms with Gasteiger partial charge in [0.25, 0.3) is 0 Å². The van der Waals surface area contributed by atoms with Crippen molar-refractivity contribution in [2.75, 3.05) is 7.11 Å². The number of halogens is 1. The maximum Gasteiger partial charge on any atom is 0.310 e. The van der Waals surface area contributed by atoms with E-state index in [1.807, 2.05) is 30.7 Å². The number of hydrogen-bond donors (Lipinski definition) is 0. The normalized spacial score (nSPS) is 10.7. The Labute approximate surface area is 132 Å². The van der Waals surface area contributed by atoms with Gasteiger partial charge in [-0.1, -0.05) is 13.8 Å². The van der Waals surface area contributed by atoms with Crippen molar-refractivity contribution in [1.29, 1.82) is 0 Å². The molecule has 0 saturated heterocycles. The minimum Gasteiger partial charge on any atom is -0.469 e. The number of aromatic nitrogens is 3. The predicted molar refractivity (Wildman–Crippen MR) is 83.5 cm³/mol. The van der Waals surface area contributed by atoms with Gasteiger partial charge >= 0.3 is 5.97 Å². The van der Waals surface area contributed by atoms with E-state index in [4.69, 9.17) is 4.74 Å². The number of carbonyl (C=O) groups excluding carboxylic acids is 1. The van der Waals surface area contributed by atoms with E-state index in [9.17, 15) is 4.79 Å². The first-order chi connectivity index (χ1) is 10.1. The lowest BCUT2D eigenvalue weighted by Crippen LogP contribution is -2.09. The monoisotopic (exact) mass is 351 g/mol. The molecule has 0 amide bonds. The molecule has 0 spiro atoms. The Kier molecular flexibility index (Phi) is 5.12. The van der Waals surface area contributed by atoms with Crippen molar-refractivity contribution >= 4 is 21.9 Å². The summed E-state index contributed by atoms with van der Waals surface area (Å²) in [5, 5.41) is 4.62. The van der Waals surface area contributed by atoms with Crippen molar-refractivity contribution in [1.82, 2.24) is 14.8 Å². The Bertz CT molecular complexity index is 635. The molecule has 0 aromatic carbocycles. The van der Waals surface area contributed by atoms with Gasteiger partial charge in [-0.15, -0.1) is 0 Å². The first kappa shape index (κ1) is 15.7. The van der Waals surface area contributed by atoms with Gasteiger partial charge in [0.1, 0.15) is 0 Å². The van der Waals surface area contributed by atoms with Crippen LogP contribution in [0.1, 0.15) is 30.8 Å². The summed E-state index contributed by atoms with van der Waals surface area (Å²) in [6.07, 6.45) is 3.53. The van der Waals surface area contributed by atoms with E-state index in [-0.39, 0.29) is 12.4 Å². The molecule has 0 bridgehead atoms. The molecule has 5 nitrogen and oxygen atoms in total. The highest BCUT2D eigenvalue weighted by atomic mass is 79.9. The zero-order chi connectivity index (χ0) is 15.4. The van der Waals surface area contributed by atoms with Crippen molar-refractivity contribution in [3.05, 3.63) is 39.8 Å². The number of carbonyl (C=O) groups is 1. The molecule has 0 atom stereocenters. The van der Waals surface area contributed by atoms with Crippen LogP contribution in [0.25, 0.3) is 5.82 Å². The summed E-state index contributed by atoms with van der Waals surface area (Å²) in [5.74, 6) is 0.503. The van der Waals surface area contributed by atoms with Crippen molar-refractivity contribution in [3.8, 4) is 5.82 Å². The molecule has 0 N–H and O–H groups in total. The second kappa shape index (κ2) is 6.85. The van der Waals surface area contributed by atoms with Gasteiger partial charge < -0.3 is 4.74 Å². The fraction of sp³-hybridized carbons (Fsp3) is 0.400. The molecule has 2 rings (SSSR count). The van der Waals surface area contributed by atoms with Gasteiger partial charge in [0.2, 0.25) is 0 Å². The van der Waals surface area contributed by atoms with Gasteiger partial charge in [0.05, 0.1) is 19.2 Å². The third-order valence-corrected chi connectivity index (χ3v) is 3.79. The topological polar surface area (TPSA) is 57.0 Å². The molecule has 112 valence electrons. The minimum atomic E-state index is -0.247. The van der Waals surface area contributed by atoms with E-state index in [1.165, 1.54) is 7.11 Å². The fourth-order valence-electron chi connectivity index (χ4n) is 2.29. The number of rotatable bonds is 5. The Morgan fingerprint density at radius 2 is 2.10 bits per heavy atom. The molecule has 6 heteroatoms. The summed E-state index contributed by atoms with van der Waals surface area (Å²) in [6, 6.07) is 3.83. The van der Waals surface area contributed by atoms with Crippen LogP contribution in [-0.2, 0) is 28.8 Å². The summed E-state index contributed by atoms with van der Waals surface area (Å²) in [5.41, 5.74) is 2.88. The highest BCUT2D eigenvalue weighted by molar-refractivity contribution is 9.10. The van der Waals surface area contributed by atoms with Gasteiger partial charge in [0, 0.05) is 21.9 Å². The SMILES string of the molecule is CCc1nn(-c2ccc(Br)cn2)c(CC)c1CC(=O)OC. The van der Waals surface area contributed by atoms with Crippen LogP contribution >= 0.6 is 15.9 Å². The van der Waals surface area contributed by atoms with E-state index < -0.39 is 0 Å². The van der Waals surface area contributed by atoms with Gasteiger partial charge in [-0.3, -0.25) is 4.79 Å². The highest BCUT2D eigenvalue weighted by Crippen LogP contribution is 2.21. The summed E-state index contributed by atoms with van der Waals surface area (Å²) >= 11 is 3.38. The van der Waals surface area contributed by atoms with E-state index in [0.29, 0.717) is 0 Å². The summed E-state index contributed by atoms with van der Waals surface area (Å²) in [6.45, 7) is 4.08. The quantitative estimate of drug-likeness (QED) is 0.777. The Morgan fingerprint density at radius 1 is 1.33 bits per heavy atom. The second-order valence-electron chi connectivity index (χ2n) is 4.58. The second-order valence-corrected chi connectivity index (χ2v) is 5.49. The lowest BCUT2D eigenvalue weighted by molar-refractivity contribution is -0.139. The number of hydrogen-bond acceptors (Lipinski definition) is 4. The molecule has 0 aliphatic rings. The van der Waals surface area contributed by atoms with E-state index in [2.05, 4.69) is 26.0 Å². The number of methoxy groups -OCH3 is 1. The molecular formula is C15H18BrN3O2. The summed E-state index contributed by atoms with van der Waals surface area (Å²) < 4.78 is 7.53. The summed E-state index contributed by atoms with van der Waals surface area (Å²) in [4.78, 5) is 16.0. The average Bonchev–Trinajstić information content (AvgIpc) is 2.85. The number of pyridine rings is 1. The van der Waals surface area contributed by atoms with Gasteiger partial charge in [-0.2, -0.15) is 5.10 Å². The van der Waals surface area contributed by atoms with Gasteiger partial charge in [-0.05, 0) is 40.9 Å². The van der Waals surface area contributed by atoms with Crippen LogP contribution in [0, 0.1) is 0 Å². The number of nitrogens with zero attached hydrogens (tertiary/aromatic N) is 3. The molecule has 0 fully saturated rings. The van der Waals surface area contributed by atoms with Crippen molar-refractivity contribution in [2.24, 2.45) is 0 Å². The predicted octanol–water partition coefficient (Wildman–Crippen LogP) is 2.87. The van der Waals surface area contributed by atoms with E-state index >= 15 is 0 Å². The molecule has 0 radical (unpaired) electrons. The van der Waals surface area contributed by atoms with Crippen LogP contribution in [-0.4, -0.2) is 27.8 Å². The number of esters is 1. The molecule has 2 aromatic heterocycles. The van der Waals surface area contributed by atoms with Gasteiger partial charge in [0.15, 0.2) is 5.82 Å². The maximum atomic E-state index is 11.6. The van der Waals surface area contributed by atoms with Crippen LogP contribution in [0.2, 0.25) is 0 Å². The zero-order valence-corrected chi connectivity index (χ0v) is 14.0. The Morgan fingerprint density at radius 3 is 2.62 bits per heavy atom. The lowest BCUT2D eigenvalue weighted by Gasteiger charge is -2.07. The lowest BCUT2D eigenvalue weighted by atomic mass is 10.1. The molecule has 2 heterocycles. The van der Waals surface area contributed by atoms with Crippen LogP contribution in [0.5, 0.6) is 0 Å². The first-order valence-corrected chi connectivity index (χ1v) is 7.68. The Hall–Kier alpha value is -1.69. The molecule has 0 unspecified atom stereocenters. The van der Waals surface area contributed by atoms with Crippen LogP contribution < -0.4 is 0 Å². The number of aryl methyl sites for hydroxylation is 1. The van der Waals surface area contributed by atoms with Crippen LogP contribution in [0.3, 0.4) is 0 Å². The van der Waals surface area contributed by atoms with Crippen LogP contribution in [0.15, 0.2) is 22.8 Å². The minimum absolute atomic E-state index is 0.247. The third-order valence-electron chi connectivity index (χ3n) is 3.32. The van der Waals surface area contributed by atoms with E-state index in [0.717, 1.165) is 40.1 Å². The largest absolute Gasteiger partial charge is 0.469 e. The maximum absolute atomic E-state index is 11.6. The summed E-state index contributed by atoms with van der Waals surface area (Å²) in [7, 11) is 1.40. The van der Waals surface area contributed by atoms with Crippen molar-refractivity contribution in [3.63, 3.8) is 0 Å². The third kappa shape index (κ3) is 3.32. The fourth-order valence-corrected chi connectivity index (χ4v) is 2.52. The average molecular weight is 352 g/mol. The van der Waals surface area contributed by atoms with Crippen LogP contribution in [0.4, 0.5) is 0 Å². The van der Waals surface area contributed by atoms with Crippen molar-refractivity contribution < 1.29 is 9.53 Å².